The monoisotopic (exact) mass is 288 g/mol. The number of hydrogen-bond acceptors (Lipinski definition) is 2. The Hall–Kier alpha value is -1.57. The Kier molecular flexibility index (Phi) is 9.26. The molecule has 2 heteroatoms. The highest BCUT2D eigenvalue weighted by Gasteiger charge is 2.05. The summed E-state index contributed by atoms with van der Waals surface area (Å²) in [6.45, 7) is 4.57. The number of esters is 1. The van der Waals surface area contributed by atoms with Gasteiger partial charge in [0.25, 0.3) is 0 Å². The second-order valence-electron chi connectivity index (χ2n) is 5.50. The van der Waals surface area contributed by atoms with E-state index in [0.29, 0.717) is 12.2 Å². The van der Waals surface area contributed by atoms with Crippen LogP contribution >= 0.6 is 0 Å². The van der Waals surface area contributed by atoms with Crippen LogP contribution in [0.25, 0.3) is 0 Å². The molecule has 116 valence electrons. The molecule has 0 heterocycles. The van der Waals surface area contributed by atoms with E-state index in [-0.39, 0.29) is 5.97 Å². The summed E-state index contributed by atoms with van der Waals surface area (Å²) in [4.78, 5) is 11.8. The van der Waals surface area contributed by atoms with Gasteiger partial charge in [-0.1, -0.05) is 68.9 Å². The van der Waals surface area contributed by atoms with Crippen molar-refractivity contribution in [3.63, 3.8) is 0 Å². The average Bonchev–Trinajstić information content (AvgIpc) is 2.49. The van der Waals surface area contributed by atoms with E-state index in [4.69, 9.17) is 4.74 Å². The second-order valence-corrected chi connectivity index (χ2v) is 5.50. The van der Waals surface area contributed by atoms with Crippen LogP contribution in [0, 0.1) is 6.92 Å². The van der Waals surface area contributed by atoms with Crippen LogP contribution in [-0.4, -0.2) is 12.6 Å². The molecule has 0 saturated heterocycles. The number of aryl methyl sites for hydroxylation is 1. The van der Waals surface area contributed by atoms with Crippen molar-refractivity contribution in [2.24, 2.45) is 0 Å². The molecule has 0 aliphatic rings. The first-order valence-corrected chi connectivity index (χ1v) is 8.13. The molecule has 1 rings (SSSR count). The second kappa shape index (κ2) is 11.1. The molecule has 2 nitrogen and oxygen atoms in total. The Morgan fingerprint density at radius 2 is 1.86 bits per heavy atom. The Morgan fingerprint density at radius 3 is 2.62 bits per heavy atom. The molecule has 0 aromatic heterocycles. The van der Waals surface area contributed by atoms with E-state index < -0.39 is 0 Å². The largest absolute Gasteiger partial charge is 0.458 e. The van der Waals surface area contributed by atoms with Crippen molar-refractivity contribution in [2.45, 2.75) is 58.8 Å². The summed E-state index contributed by atoms with van der Waals surface area (Å²) in [6.07, 6.45) is 13.0. The van der Waals surface area contributed by atoms with Crippen molar-refractivity contribution in [2.75, 3.05) is 6.61 Å². The number of allylic oxidation sites excluding steroid dienone is 1. The Labute approximate surface area is 129 Å². The number of rotatable bonds is 10. The van der Waals surface area contributed by atoms with Crippen molar-refractivity contribution >= 4 is 5.97 Å². The molecular weight excluding hydrogens is 260 g/mol. The lowest BCUT2D eigenvalue weighted by atomic mass is 10.1. The molecule has 0 radical (unpaired) electrons. The molecule has 0 N–H and O–H groups in total. The molecule has 0 aliphatic carbocycles. The van der Waals surface area contributed by atoms with Crippen LogP contribution in [0.1, 0.15) is 67.8 Å². The van der Waals surface area contributed by atoms with E-state index in [9.17, 15) is 4.79 Å². The Bertz CT molecular complexity index is 435. The molecule has 0 amide bonds. The van der Waals surface area contributed by atoms with E-state index in [2.05, 4.69) is 13.0 Å². The first-order chi connectivity index (χ1) is 10.2. The van der Waals surface area contributed by atoms with Gasteiger partial charge in [-0.3, -0.25) is 0 Å². The van der Waals surface area contributed by atoms with Crippen LogP contribution in [0.5, 0.6) is 0 Å². The van der Waals surface area contributed by atoms with Gasteiger partial charge in [0.05, 0.1) is 5.56 Å². The van der Waals surface area contributed by atoms with Crippen LogP contribution in [0.2, 0.25) is 0 Å². The van der Waals surface area contributed by atoms with Gasteiger partial charge in [0.2, 0.25) is 0 Å². The minimum Gasteiger partial charge on any atom is -0.458 e. The fourth-order valence-electron chi connectivity index (χ4n) is 2.21. The first kappa shape index (κ1) is 17.5. The summed E-state index contributed by atoms with van der Waals surface area (Å²) in [5.74, 6) is -0.247. The highest BCUT2D eigenvalue weighted by molar-refractivity contribution is 5.89. The third-order valence-corrected chi connectivity index (χ3v) is 3.46. The van der Waals surface area contributed by atoms with Crippen LogP contribution in [0.15, 0.2) is 36.4 Å². The molecular formula is C19H28O2. The maximum atomic E-state index is 11.8. The molecule has 0 unspecified atom stereocenters. The van der Waals surface area contributed by atoms with Gasteiger partial charge in [-0.05, 0) is 31.9 Å². The molecule has 0 aliphatic heterocycles. The number of hydrogen-bond donors (Lipinski definition) is 0. The zero-order valence-electron chi connectivity index (χ0n) is 13.4. The van der Waals surface area contributed by atoms with Crippen LogP contribution in [-0.2, 0) is 4.74 Å². The number of carbonyl (C=O) groups excluding carboxylic acids is 1. The topological polar surface area (TPSA) is 26.3 Å². The fraction of sp³-hybridized carbons (Fsp3) is 0.526. The lowest BCUT2D eigenvalue weighted by Crippen LogP contribution is -2.05. The summed E-state index contributed by atoms with van der Waals surface area (Å²) in [7, 11) is 0. The number of carbonyl (C=O) groups is 1. The summed E-state index contributed by atoms with van der Waals surface area (Å²) in [6, 6.07) is 7.48. The molecule has 0 fully saturated rings. The molecule has 1 aromatic carbocycles. The van der Waals surface area contributed by atoms with Crippen molar-refractivity contribution in [1.29, 1.82) is 0 Å². The van der Waals surface area contributed by atoms with Crippen LogP contribution < -0.4 is 0 Å². The van der Waals surface area contributed by atoms with Gasteiger partial charge >= 0.3 is 5.97 Å². The van der Waals surface area contributed by atoms with Crippen molar-refractivity contribution in [3.8, 4) is 0 Å². The smallest absolute Gasteiger partial charge is 0.338 e. The van der Waals surface area contributed by atoms with Crippen molar-refractivity contribution < 1.29 is 9.53 Å². The molecule has 1 aromatic rings. The predicted octanol–water partition coefficient (Wildman–Crippen LogP) is 5.46. The van der Waals surface area contributed by atoms with Gasteiger partial charge in [-0.15, -0.1) is 0 Å². The van der Waals surface area contributed by atoms with Gasteiger partial charge < -0.3 is 4.74 Å². The molecule has 0 saturated carbocycles. The standard InChI is InChI=1S/C19H28O2/c1-3-4-5-6-7-8-9-10-11-15-21-19(20)18-14-12-13-17(2)16-18/h10-14,16H,3-9,15H2,1-2H3/b11-10+. The van der Waals surface area contributed by atoms with E-state index >= 15 is 0 Å². The van der Waals surface area contributed by atoms with Crippen LogP contribution in [0.3, 0.4) is 0 Å². The fourth-order valence-corrected chi connectivity index (χ4v) is 2.21. The Balaban J connectivity index is 2.07. The normalized spacial score (nSPS) is 11.0. The van der Waals surface area contributed by atoms with Gasteiger partial charge in [0.1, 0.15) is 6.61 Å². The SMILES string of the molecule is CCCCCCCC/C=C/COC(=O)c1cccc(C)c1. The number of unbranched alkanes of at least 4 members (excludes halogenated alkanes) is 6. The van der Waals surface area contributed by atoms with Gasteiger partial charge in [-0.2, -0.15) is 0 Å². The maximum absolute atomic E-state index is 11.8. The van der Waals surface area contributed by atoms with Gasteiger partial charge in [0, 0.05) is 0 Å². The van der Waals surface area contributed by atoms with E-state index in [1.54, 1.807) is 6.07 Å². The van der Waals surface area contributed by atoms with E-state index in [1.807, 2.05) is 31.2 Å². The molecule has 0 bridgehead atoms. The average molecular weight is 288 g/mol. The quantitative estimate of drug-likeness (QED) is 0.325. The summed E-state index contributed by atoms with van der Waals surface area (Å²) in [5, 5.41) is 0. The Morgan fingerprint density at radius 1 is 1.10 bits per heavy atom. The zero-order chi connectivity index (χ0) is 15.3. The molecule has 0 atom stereocenters. The third-order valence-electron chi connectivity index (χ3n) is 3.46. The summed E-state index contributed by atoms with van der Waals surface area (Å²) >= 11 is 0. The van der Waals surface area contributed by atoms with E-state index in [0.717, 1.165) is 12.0 Å². The molecule has 21 heavy (non-hydrogen) atoms. The van der Waals surface area contributed by atoms with E-state index in [1.165, 1.54) is 38.5 Å². The lowest BCUT2D eigenvalue weighted by Gasteiger charge is -2.02. The summed E-state index contributed by atoms with van der Waals surface area (Å²) in [5.41, 5.74) is 1.70. The number of benzene rings is 1. The molecule has 0 spiro atoms. The minimum atomic E-state index is -0.247. The lowest BCUT2D eigenvalue weighted by molar-refractivity contribution is 0.0549. The minimum absolute atomic E-state index is 0.247. The van der Waals surface area contributed by atoms with Gasteiger partial charge in [0.15, 0.2) is 0 Å². The van der Waals surface area contributed by atoms with Crippen molar-refractivity contribution in [1.82, 2.24) is 0 Å². The zero-order valence-corrected chi connectivity index (χ0v) is 13.4. The highest BCUT2D eigenvalue weighted by atomic mass is 16.5. The van der Waals surface area contributed by atoms with Crippen LogP contribution in [0.4, 0.5) is 0 Å². The summed E-state index contributed by atoms with van der Waals surface area (Å²) < 4.78 is 5.22. The number of ether oxygens (including phenoxy) is 1. The maximum Gasteiger partial charge on any atom is 0.338 e. The highest BCUT2D eigenvalue weighted by Crippen LogP contribution is 2.08. The third kappa shape index (κ3) is 8.34. The van der Waals surface area contributed by atoms with Gasteiger partial charge in [-0.25, -0.2) is 4.79 Å². The van der Waals surface area contributed by atoms with Crippen molar-refractivity contribution in [3.05, 3.63) is 47.5 Å². The predicted molar refractivity (Wildman–Crippen MR) is 88.6 cm³/mol. The first-order valence-electron chi connectivity index (χ1n) is 8.13.